The second-order valence-corrected chi connectivity index (χ2v) is 4.03. The molecule has 1 saturated heterocycles. The number of fused-ring (bicyclic) bond motifs is 1. The molecule has 0 radical (unpaired) electrons. The van der Waals surface area contributed by atoms with E-state index in [2.05, 4.69) is 0 Å². The third-order valence-electron chi connectivity index (χ3n) is 3.23. The highest BCUT2D eigenvalue weighted by molar-refractivity contribution is 5.34. The molecule has 2 fully saturated rings. The molecule has 0 spiro atoms. The fourth-order valence-corrected chi connectivity index (χ4v) is 2.38. The number of nitrogens with two attached hydrogens (primary N) is 1. The van der Waals surface area contributed by atoms with Crippen LogP contribution in [0.1, 0.15) is 6.04 Å². The van der Waals surface area contributed by atoms with E-state index in [1.165, 1.54) is 0 Å². The maximum atomic E-state index is 11.7. The first kappa shape index (κ1) is 8.05. The second-order valence-electron chi connectivity index (χ2n) is 4.03. The summed E-state index contributed by atoms with van der Waals surface area (Å²) in [5.74, 6) is 1.07. The number of hydrogen-bond donors (Lipinski definition) is 1. The van der Waals surface area contributed by atoms with Crippen molar-refractivity contribution in [2.45, 2.75) is 6.04 Å². The number of nitrogens with zero attached hydrogens (tertiary/aromatic N) is 1. The Kier molecular flexibility index (Phi) is 1.50. The van der Waals surface area contributed by atoms with Crippen LogP contribution in [-0.4, -0.2) is 17.8 Å². The first-order chi connectivity index (χ1) is 6.79. The molecule has 74 valence electrons. The monoisotopic (exact) mass is 192 g/mol. The number of nitrogen functional groups attached to an aromatic ring is 1. The summed E-state index contributed by atoms with van der Waals surface area (Å²) in [5.41, 5.74) is 5.84. The van der Waals surface area contributed by atoms with E-state index in [1.54, 1.807) is 10.6 Å². The van der Waals surface area contributed by atoms with Crippen molar-refractivity contribution in [1.82, 2.24) is 4.57 Å². The molecule has 0 amide bonds. The Bertz CT molecular complexity index is 416. The lowest BCUT2D eigenvalue weighted by Gasteiger charge is -2.08. The molecule has 1 aliphatic carbocycles. The van der Waals surface area contributed by atoms with Gasteiger partial charge in [0.1, 0.15) is 0 Å². The molecular formula is C10H12N2O2. The molecule has 3 rings (SSSR count). The maximum absolute atomic E-state index is 11.7. The van der Waals surface area contributed by atoms with Crippen LogP contribution >= 0.6 is 0 Å². The zero-order valence-electron chi connectivity index (χ0n) is 7.72. The molecule has 4 nitrogen and oxygen atoms in total. The average molecular weight is 192 g/mol. The van der Waals surface area contributed by atoms with Crippen molar-refractivity contribution in [3.05, 3.63) is 28.7 Å². The number of ether oxygens (including phenoxy) is 1. The molecule has 0 bridgehead atoms. The molecule has 1 aliphatic heterocycles. The number of anilines is 1. The summed E-state index contributed by atoms with van der Waals surface area (Å²) >= 11 is 0. The largest absolute Gasteiger partial charge is 0.394 e. The first-order valence-electron chi connectivity index (χ1n) is 4.83. The van der Waals surface area contributed by atoms with Gasteiger partial charge in [-0.1, -0.05) is 0 Å². The van der Waals surface area contributed by atoms with Gasteiger partial charge >= 0.3 is 0 Å². The van der Waals surface area contributed by atoms with Gasteiger partial charge in [-0.2, -0.15) is 0 Å². The minimum atomic E-state index is -0.0631. The normalized spacial score (nSPS) is 34.1. The number of hydrogen-bond acceptors (Lipinski definition) is 3. The fourth-order valence-electron chi connectivity index (χ4n) is 2.38. The lowest BCUT2D eigenvalue weighted by Crippen LogP contribution is -2.23. The van der Waals surface area contributed by atoms with Crippen LogP contribution in [0.25, 0.3) is 0 Å². The third kappa shape index (κ3) is 0.944. The first-order valence-corrected chi connectivity index (χ1v) is 4.83. The van der Waals surface area contributed by atoms with Gasteiger partial charge < -0.3 is 15.0 Å². The van der Waals surface area contributed by atoms with Crippen LogP contribution in [0.4, 0.5) is 5.69 Å². The summed E-state index contributed by atoms with van der Waals surface area (Å²) in [6.45, 7) is 1.58. The van der Waals surface area contributed by atoms with E-state index in [0.717, 1.165) is 13.2 Å². The highest BCUT2D eigenvalue weighted by Crippen LogP contribution is 2.53. The molecule has 1 aromatic rings. The molecule has 2 N–H and O–H groups in total. The molecular weight excluding hydrogens is 180 g/mol. The Morgan fingerprint density at radius 3 is 2.86 bits per heavy atom. The SMILES string of the molecule is Nc1cccn([C@H]2[C@@H]3COC[C@@H]32)c1=O. The van der Waals surface area contributed by atoms with Gasteiger partial charge in [0.2, 0.25) is 0 Å². The smallest absolute Gasteiger partial charge is 0.273 e. The molecule has 2 aliphatic rings. The summed E-state index contributed by atoms with van der Waals surface area (Å²) in [5, 5.41) is 0. The zero-order chi connectivity index (χ0) is 9.71. The molecule has 3 atom stereocenters. The van der Waals surface area contributed by atoms with Gasteiger partial charge in [0.15, 0.2) is 0 Å². The van der Waals surface area contributed by atoms with Gasteiger partial charge in [-0.3, -0.25) is 4.79 Å². The highest BCUT2D eigenvalue weighted by atomic mass is 16.5. The van der Waals surface area contributed by atoms with Gasteiger partial charge in [-0.05, 0) is 12.1 Å². The zero-order valence-corrected chi connectivity index (χ0v) is 7.72. The minimum Gasteiger partial charge on any atom is -0.394 e. The third-order valence-corrected chi connectivity index (χ3v) is 3.23. The van der Waals surface area contributed by atoms with Crippen LogP contribution in [0.5, 0.6) is 0 Å². The summed E-state index contributed by atoms with van der Waals surface area (Å²) in [4.78, 5) is 11.7. The number of rotatable bonds is 1. The Balaban J connectivity index is 1.99. The lowest BCUT2D eigenvalue weighted by atomic mass is 10.4. The van der Waals surface area contributed by atoms with Gasteiger partial charge in [0, 0.05) is 24.1 Å². The summed E-state index contributed by atoms with van der Waals surface area (Å²) in [6.07, 6.45) is 1.82. The van der Waals surface area contributed by atoms with Crippen LogP contribution < -0.4 is 11.3 Å². The Morgan fingerprint density at radius 1 is 1.43 bits per heavy atom. The Morgan fingerprint density at radius 2 is 2.14 bits per heavy atom. The minimum absolute atomic E-state index is 0.0631. The van der Waals surface area contributed by atoms with E-state index in [0.29, 0.717) is 23.6 Å². The lowest BCUT2D eigenvalue weighted by molar-refractivity contribution is 0.151. The topological polar surface area (TPSA) is 57.2 Å². The van der Waals surface area contributed by atoms with Crippen molar-refractivity contribution < 1.29 is 4.74 Å². The van der Waals surface area contributed by atoms with Crippen LogP contribution in [0, 0.1) is 11.8 Å². The Labute approximate surface area is 81.3 Å². The van der Waals surface area contributed by atoms with Crippen molar-refractivity contribution in [3.63, 3.8) is 0 Å². The molecule has 0 unspecified atom stereocenters. The predicted octanol–water partition coefficient (Wildman–Crippen LogP) is 0.248. The van der Waals surface area contributed by atoms with Gasteiger partial charge in [-0.25, -0.2) is 0 Å². The van der Waals surface area contributed by atoms with Gasteiger partial charge in [-0.15, -0.1) is 0 Å². The summed E-state index contributed by atoms with van der Waals surface area (Å²) in [7, 11) is 0. The summed E-state index contributed by atoms with van der Waals surface area (Å²) < 4.78 is 7.04. The van der Waals surface area contributed by atoms with E-state index in [-0.39, 0.29) is 5.56 Å². The van der Waals surface area contributed by atoms with Crippen molar-refractivity contribution in [3.8, 4) is 0 Å². The van der Waals surface area contributed by atoms with Gasteiger partial charge in [0.25, 0.3) is 5.56 Å². The number of pyridine rings is 1. The van der Waals surface area contributed by atoms with Crippen molar-refractivity contribution >= 4 is 5.69 Å². The molecule has 4 heteroatoms. The van der Waals surface area contributed by atoms with Crippen LogP contribution in [0.3, 0.4) is 0 Å². The molecule has 1 saturated carbocycles. The van der Waals surface area contributed by atoms with Gasteiger partial charge in [0.05, 0.1) is 18.9 Å². The second kappa shape index (κ2) is 2.60. The predicted molar refractivity (Wildman–Crippen MR) is 52.0 cm³/mol. The van der Waals surface area contributed by atoms with Crippen LogP contribution in [-0.2, 0) is 4.74 Å². The van der Waals surface area contributed by atoms with Crippen molar-refractivity contribution in [2.75, 3.05) is 18.9 Å². The van der Waals surface area contributed by atoms with E-state index in [9.17, 15) is 4.79 Å². The van der Waals surface area contributed by atoms with E-state index < -0.39 is 0 Å². The van der Waals surface area contributed by atoms with Crippen molar-refractivity contribution in [1.29, 1.82) is 0 Å². The average Bonchev–Trinajstić information content (AvgIpc) is 2.66. The molecule has 1 aromatic heterocycles. The molecule has 0 aromatic carbocycles. The highest BCUT2D eigenvalue weighted by Gasteiger charge is 2.55. The van der Waals surface area contributed by atoms with E-state index in [1.807, 2.05) is 12.3 Å². The molecule has 2 heterocycles. The van der Waals surface area contributed by atoms with Crippen molar-refractivity contribution in [2.24, 2.45) is 11.8 Å². The fraction of sp³-hybridized carbons (Fsp3) is 0.500. The quantitative estimate of drug-likeness (QED) is 0.693. The Hall–Kier alpha value is -1.29. The van der Waals surface area contributed by atoms with Crippen LogP contribution in [0.15, 0.2) is 23.1 Å². The number of aromatic nitrogens is 1. The van der Waals surface area contributed by atoms with Crippen LogP contribution in [0.2, 0.25) is 0 Å². The maximum Gasteiger partial charge on any atom is 0.273 e. The molecule has 14 heavy (non-hydrogen) atoms. The standard InChI is InChI=1S/C10H12N2O2/c11-8-2-1-3-12(10(8)13)9-6-4-14-5-7(6)9/h1-3,6-7,9H,4-5,11H2/t6-,7+,9+. The van der Waals surface area contributed by atoms with E-state index >= 15 is 0 Å². The summed E-state index contributed by atoms with van der Waals surface area (Å²) in [6, 6.07) is 3.80. The van der Waals surface area contributed by atoms with E-state index in [4.69, 9.17) is 10.5 Å².